The summed E-state index contributed by atoms with van der Waals surface area (Å²) in [5, 5.41) is 0. The van der Waals surface area contributed by atoms with Crippen LogP contribution in [0.15, 0.2) is 24.3 Å². The molecule has 0 radical (unpaired) electrons. The molecule has 0 atom stereocenters. The molecule has 1 heterocycles. The number of hydrogen-bond donors (Lipinski definition) is 0. The largest absolute Gasteiger partial charge is 0.369 e. The van der Waals surface area contributed by atoms with Gasteiger partial charge in [-0.3, -0.25) is 0 Å². The molecule has 0 aliphatic carbocycles. The molecule has 1 saturated heterocycles. The fourth-order valence-corrected chi connectivity index (χ4v) is 4.07. The number of hydrogen-bond acceptors (Lipinski definition) is 3. The Hall–Kier alpha value is -1.07. The predicted molar refractivity (Wildman–Crippen MR) is 83.7 cm³/mol. The van der Waals surface area contributed by atoms with Gasteiger partial charge in [0, 0.05) is 31.9 Å². The third kappa shape index (κ3) is 3.73. The van der Waals surface area contributed by atoms with Gasteiger partial charge in [0.05, 0.1) is 5.75 Å². The van der Waals surface area contributed by atoms with Gasteiger partial charge in [-0.15, -0.1) is 0 Å². The van der Waals surface area contributed by atoms with Gasteiger partial charge in [-0.1, -0.05) is 31.0 Å². The average Bonchev–Trinajstić information content (AvgIpc) is 2.46. The standard InChI is InChI=1S/C15H24N2O2S/c1-3-4-13-20(18,19)17-11-9-16(10-12-17)15-7-5-14(2)6-8-15/h5-8H,3-4,9-13H2,1-2H3. The SMILES string of the molecule is CCCCS(=O)(=O)N1CCN(c2ccc(C)cc2)CC1. The van der Waals surface area contributed by atoms with E-state index in [-0.39, 0.29) is 5.75 Å². The zero-order valence-corrected chi connectivity index (χ0v) is 13.2. The maximum absolute atomic E-state index is 12.1. The Morgan fingerprint density at radius 3 is 2.20 bits per heavy atom. The van der Waals surface area contributed by atoms with Crippen LogP contribution in [0.3, 0.4) is 0 Å². The number of sulfonamides is 1. The molecular formula is C15H24N2O2S. The molecule has 0 unspecified atom stereocenters. The first-order valence-electron chi connectivity index (χ1n) is 7.32. The van der Waals surface area contributed by atoms with Crippen molar-refractivity contribution in [3.63, 3.8) is 0 Å². The number of benzene rings is 1. The van der Waals surface area contributed by atoms with Gasteiger partial charge in [0.2, 0.25) is 10.0 Å². The monoisotopic (exact) mass is 296 g/mol. The Balaban J connectivity index is 1.93. The summed E-state index contributed by atoms with van der Waals surface area (Å²) in [5.74, 6) is 0.286. The molecule has 0 aromatic heterocycles. The summed E-state index contributed by atoms with van der Waals surface area (Å²) in [7, 11) is -3.05. The number of aryl methyl sites for hydroxylation is 1. The summed E-state index contributed by atoms with van der Waals surface area (Å²) in [6.07, 6.45) is 1.67. The van der Waals surface area contributed by atoms with Crippen molar-refractivity contribution in [2.24, 2.45) is 0 Å². The second kappa shape index (κ2) is 6.59. The fraction of sp³-hybridized carbons (Fsp3) is 0.600. The Labute approximate surface area is 122 Å². The van der Waals surface area contributed by atoms with Crippen molar-refractivity contribution >= 4 is 15.7 Å². The van der Waals surface area contributed by atoms with Gasteiger partial charge in [-0.05, 0) is 25.5 Å². The molecule has 2 rings (SSSR count). The van der Waals surface area contributed by atoms with E-state index >= 15 is 0 Å². The zero-order valence-electron chi connectivity index (χ0n) is 12.4. The van der Waals surface area contributed by atoms with Crippen molar-refractivity contribution in [1.82, 2.24) is 4.31 Å². The molecule has 1 aromatic rings. The van der Waals surface area contributed by atoms with Crippen LogP contribution in [0.5, 0.6) is 0 Å². The van der Waals surface area contributed by atoms with Crippen LogP contribution >= 0.6 is 0 Å². The lowest BCUT2D eigenvalue weighted by Gasteiger charge is -2.35. The van der Waals surface area contributed by atoms with Gasteiger partial charge < -0.3 is 4.90 Å². The van der Waals surface area contributed by atoms with Crippen molar-refractivity contribution in [2.75, 3.05) is 36.8 Å². The summed E-state index contributed by atoms with van der Waals surface area (Å²) in [5.41, 5.74) is 2.43. The van der Waals surface area contributed by atoms with Gasteiger partial charge in [0.25, 0.3) is 0 Å². The van der Waals surface area contributed by atoms with Gasteiger partial charge >= 0.3 is 0 Å². The molecule has 112 valence electrons. The first kappa shape index (κ1) is 15.3. The van der Waals surface area contributed by atoms with E-state index in [1.54, 1.807) is 4.31 Å². The van der Waals surface area contributed by atoms with Crippen molar-refractivity contribution < 1.29 is 8.42 Å². The van der Waals surface area contributed by atoms with E-state index in [9.17, 15) is 8.42 Å². The summed E-state index contributed by atoms with van der Waals surface area (Å²) >= 11 is 0. The molecule has 20 heavy (non-hydrogen) atoms. The second-order valence-corrected chi connectivity index (χ2v) is 7.48. The van der Waals surface area contributed by atoms with Gasteiger partial charge in [-0.2, -0.15) is 4.31 Å². The minimum Gasteiger partial charge on any atom is -0.369 e. The van der Waals surface area contributed by atoms with E-state index in [1.807, 2.05) is 6.92 Å². The van der Waals surface area contributed by atoms with Crippen LogP contribution in [-0.2, 0) is 10.0 Å². The number of piperazine rings is 1. The number of nitrogens with zero attached hydrogens (tertiary/aromatic N) is 2. The van der Waals surface area contributed by atoms with Crippen molar-refractivity contribution in [1.29, 1.82) is 0 Å². The number of anilines is 1. The van der Waals surface area contributed by atoms with Crippen LogP contribution in [0, 0.1) is 6.92 Å². The molecule has 0 saturated carbocycles. The van der Waals surface area contributed by atoms with E-state index in [4.69, 9.17) is 0 Å². The molecule has 1 aliphatic rings. The lowest BCUT2D eigenvalue weighted by Crippen LogP contribution is -2.49. The van der Waals surface area contributed by atoms with Crippen LogP contribution in [0.25, 0.3) is 0 Å². The highest BCUT2D eigenvalue weighted by molar-refractivity contribution is 7.89. The highest BCUT2D eigenvalue weighted by Crippen LogP contribution is 2.18. The summed E-state index contributed by atoms with van der Waals surface area (Å²) in [6, 6.07) is 8.41. The third-order valence-electron chi connectivity index (χ3n) is 3.79. The number of rotatable bonds is 5. The molecule has 1 aromatic carbocycles. The highest BCUT2D eigenvalue weighted by Gasteiger charge is 2.26. The maximum atomic E-state index is 12.1. The molecule has 1 aliphatic heterocycles. The Bertz CT molecular complexity index is 517. The summed E-state index contributed by atoms with van der Waals surface area (Å²) in [4.78, 5) is 2.26. The molecule has 0 spiro atoms. The van der Waals surface area contributed by atoms with Crippen LogP contribution in [0.1, 0.15) is 25.3 Å². The Kier molecular flexibility index (Phi) is 5.05. The fourth-order valence-electron chi connectivity index (χ4n) is 2.44. The normalized spacial score (nSPS) is 17.4. The maximum Gasteiger partial charge on any atom is 0.214 e. The molecular weight excluding hydrogens is 272 g/mol. The van der Waals surface area contributed by atoms with Crippen LogP contribution in [0.2, 0.25) is 0 Å². The summed E-state index contributed by atoms with van der Waals surface area (Å²) in [6.45, 7) is 6.83. The second-order valence-electron chi connectivity index (χ2n) is 5.39. The summed E-state index contributed by atoms with van der Waals surface area (Å²) < 4.78 is 25.9. The average molecular weight is 296 g/mol. The van der Waals surface area contributed by atoms with E-state index in [0.29, 0.717) is 13.1 Å². The van der Waals surface area contributed by atoms with Gasteiger partial charge in [0.15, 0.2) is 0 Å². The first-order valence-corrected chi connectivity index (χ1v) is 8.93. The smallest absolute Gasteiger partial charge is 0.214 e. The quantitative estimate of drug-likeness (QED) is 0.837. The Morgan fingerprint density at radius 2 is 1.65 bits per heavy atom. The van der Waals surface area contributed by atoms with Crippen molar-refractivity contribution in [3.8, 4) is 0 Å². The third-order valence-corrected chi connectivity index (χ3v) is 5.74. The zero-order chi connectivity index (χ0) is 14.6. The Morgan fingerprint density at radius 1 is 1.05 bits per heavy atom. The molecule has 0 amide bonds. The topological polar surface area (TPSA) is 40.6 Å². The predicted octanol–water partition coefficient (Wildman–Crippen LogP) is 2.25. The molecule has 4 nitrogen and oxygen atoms in total. The van der Waals surface area contributed by atoms with Crippen LogP contribution < -0.4 is 4.90 Å². The van der Waals surface area contributed by atoms with Crippen molar-refractivity contribution in [2.45, 2.75) is 26.7 Å². The molecule has 1 fully saturated rings. The van der Waals surface area contributed by atoms with Gasteiger partial charge in [-0.25, -0.2) is 8.42 Å². The van der Waals surface area contributed by atoms with E-state index in [0.717, 1.165) is 25.9 Å². The van der Waals surface area contributed by atoms with Crippen LogP contribution in [-0.4, -0.2) is 44.7 Å². The first-order chi connectivity index (χ1) is 9.53. The number of unbranched alkanes of at least 4 members (excludes halogenated alkanes) is 1. The van der Waals surface area contributed by atoms with E-state index < -0.39 is 10.0 Å². The minimum atomic E-state index is -3.05. The lowest BCUT2D eigenvalue weighted by molar-refractivity contribution is 0.384. The molecule has 0 N–H and O–H groups in total. The van der Waals surface area contributed by atoms with Gasteiger partial charge in [0.1, 0.15) is 0 Å². The lowest BCUT2D eigenvalue weighted by atomic mass is 10.2. The van der Waals surface area contributed by atoms with Crippen molar-refractivity contribution in [3.05, 3.63) is 29.8 Å². The van der Waals surface area contributed by atoms with E-state index in [2.05, 4.69) is 36.1 Å². The van der Waals surface area contributed by atoms with E-state index in [1.165, 1.54) is 11.3 Å². The molecule has 5 heteroatoms. The molecule has 0 bridgehead atoms. The minimum absolute atomic E-state index is 0.286. The highest BCUT2D eigenvalue weighted by atomic mass is 32.2. The van der Waals surface area contributed by atoms with Crippen LogP contribution in [0.4, 0.5) is 5.69 Å².